The van der Waals surface area contributed by atoms with Crippen molar-refractivity contribution in [1.82, 2.24) is 25.6 Å². The Hall–Kier alpha value is -2.44. The molecule has 1 aliphatic rings. The topological polar surface area (TPSA) is 64.0 Å². The van der Waals surface area contributed by atoms with E-state index in [0.717, 1.165) is 41.9 Å². The van der Waals surface area contributed by atoms with Gasteiger partial charge in [0.2, 0.25) is 0 Å². The van der Waals surface area contributed by atoms with Crippen molar-refractivity contribution in [3.8, 4) is 5.75 Å². The van der Waals surface area contributed by atoms with Crippen LogP contribution in [0.1, 0.15) is 30.0 Å². The van der Waals surface area contributed by atoms with Crippen LogP contribution in [0.3, 0.4) is 0 Å². The van der Waals surface area contributed by atoms with Crippen molar-refractivity contribution < 1.29 is 4.74 Å². The van der Waals surface area contributed by atoms with Gasteiger partial charge in [0.1, 0.15) is 11.3 Å². The highest BCUT2D eigenvalue weighted by molar-refractivity contribution is 5.77. The molecule has 26 heavy (non-hydrogen) atoms. The maximum Gasteiger partial charge on any atom is 0.125 e. The van der Waals surface area contributed by atoms with Gasteiger partial charge in [-0.3, -0.25) is 0 Å². The SMILES string of the molecule is COc1cc2nnn(C)c2cc1CNC1CCCNC1c1ccccc1. The number of hydrogen-bond acceptors (Lipinski definition) is 5. The molecule has 1 aromatic heterocycles. The van der Waals surface area contributed by atoms with E-state index in [4.69, 9.17) is 4.74 Å². The third-order valence-corrected chi connectivity index (χ3v) is 5.18. The molecule has 6 heteroatoms. The molecule has 0 amide bonds. The van der Waals surface area contributed by atoms with E-state index in [1.165, 1.54) is 12.0 Å². The minimum Gasteiger partial charge on any atom is -0.496 e. The molecule has 0 spiro atoms. The summed E-state index contributed by atoms with van der Waals surface area (Å²) in [5.74, 6) is 0.852. The van der Waals surface area contributed by atoms with E-state index in [1.54, 1.807) is 11.8 Å². The maximum atomic E-state index is 5.58. The average Bonchev–Trinajstić information content (AvgIpc) is 3.06. The molecule has 6 nitrogen and oxygen atoms in total. The third kappa shape index (κ3) is 3.30. The first-order valence-corrected chi connectivity index (χ1v) is 9.14. The fourth-order valence-corrected chi connectivity index (χ4v) is 3.79. The van der Waals surface area contributed by atoms with E-state index >= 15 is 0 Å². The molecular formula is C20H25N5O. The monoisotopic (exact) mass is 351 g/mol. The molecule has 1 fully saturated rings. The zero-order valence-electron chi connectivity index (χ0n) is 15.3. The van der Waals surface area contributed by atoms with E-state index in [-0.39, 0.29) is 0 Å². The summed E-state index contributed by atoms with van der Waals surface area (Å²) < 4.78 is 7.38. The van der Waals surface area contributed by atoms with Crippen molar-refractivity contribution >= 4 is 11.0 Å². The van der Waals surface area contributed by atoms with E-state index in [1.807, 2.05) is 13.1 Å². The number of hydrogen-bond donors (Lipinski definition) is 2. The number of benzene rings is 2. The van der Waals surface area contributed by atoms with Gasteiger partial charge in [-0.25, -0.2) is 4.68 Å². The van der Waals surface area contributed by atoms with Gasteiger partial charge in [0, 0.05) is 37.3 Å². The van der Waals surface area contributed by atoms with Crippen LogP contribution in [-0.2, 0) is 13.6 Å². The lowest BCUT2D eigenvalue weighted by atomic mass is 9.92. The Balaban J connectivity index is 1.55. The summed E-state index contributed by atoms with van der Waals surface area (Å²) >= 11 is 0. The quantitative estimate of drug-likeness (QED) is 0.740. The number of methoxy groups -OCH3 is 1. The van der Waals surface area contributed by atoms with Gasteiger partial charge in [-0.1, -0.05) is 35.5 Å². The number of nitrogens with zero attached hydrogens (tertiary/aromatic N) is 3. The first kappa shape index (κ1) is 17.0. The molecule has 0 saturated carbocycles. The van der Waals surface area contributed by atoms with E-state index in [9.17, 15) is 0 Å². The van der Waals surface area contributed by atoms with Gasteiger partial charge in [-0.2, -0.15) is 0 Å². The Morgan fingerprint density at radius 2 is 2.12 bits per heavy atom. The minimum absolute atomic E-state index is 0.332. The highest BCUT2D eigenvalue weighted by Crippen LogP contribution is 2.27. The Labute approximate surface area is 153 Å². The van der Waals surface area contributed by atoms with Crippen LogP contribution in [0.5, 0.6) is 5.75 Å². The second kappa shape index (κ2) is 7.43. The number of rotatable bonds is 5. The molecule has 2 heterocycles. The standard InChI is InChI=1S/C20H25N5O/c1-25-18-11-15(19(26-2)12-17(18)23-24-25)13-22-16-9-6-10-21-20(16)14-7-4-3-5-8-14/h3-5,7-8,11-12,16,20-22H,6,9-10,13H2,1-2H3. The molecule has 1 saturated heterocycles. The van der Waals surface area contributed by atoms with Crippen molar-refractivity contribution in [3.63, 3.8) is 0 Å². The van der Waals surface area contributed by atoms with E-state index < -0.39 is 0 Å². The van der Waals surface area contributed by atoms with Crippen molar-refractivity contribution in [2.45, 2.75) is 31.5 Å². The minimum atomic E-state index is 0.332. The number of aryl methyl sites for hydroxylation is 1. The van der Waals surface area contributed by atoms with Crippen LogP contribution in [0.25, 0.3) is 11.0 Å². The van der Waals surface area contributed by atoms with Crippen LogP contribution in [0.15, 0.2) is 42.5 Å². The molecule has 0 aliphatic carbocycles. The third-order valence-electron chi connectivity index (χ3n) is 5.18. The summed E-state index contributed by atoms with van der Waals surface area (Å²) in [6.45, 7) is 1.81. The highest BCUT2D eigenvalue weighted by Gasteiger charge is 2.25. The van der Waals surface area contributed by atoms with Crippen LogP contribution in [0.4, 0.5) is 0 Å². The first-order valence-electron chi connectivity index (χ1n) is 9.14. The Morgan fingerprint density at radius 3 is 2.92 bits per heavy atom. The highest BCUT2D eigenvalue weighted by atomic mass is 16.5. The first-order chi connectivity index (χ1) is 12.8. The number of aromatic nitrogens is 3. The Morgan fingerprint density at radius 1 is 1.27 bits per heavy atom. The van der Waals surface area contributed by atoms with Gasteiger partial charge >= 0.3 is 0 Å². The molecule has 136 valence electrons. The molecule has 1 aliphatic heterocycles. The molecular weight excluding hydrogens is 326 g/mol. The van der Waals surface area contributed by atoms with Gasteiger partial charge in [-0.15, -0.1) is 5.10 Å². The summed E-state index contributed by atoms with van der Waals surface area (Å²) in [5, 5.41) is 15.7. The molecule has 0 radical (unpaired) electrons. The maximum absolute atomic E-state index is 5.58. The summed E-state index contributed by atoms with van der Waals surface area (Å²) in [7, 11) is 3.62. The molecule has 3 aromatic rings. The molecule has 2 aromatic carbocycles. The summed E-state index contributed by atoms with van der Waals surface area (Å²) in [5.41, 5.74) is 4.34. The van der Waals surface area contributed by atoms with Gasteiger partial charge in [-0.05, 0) is 31.0 Å². The molecule has 0 bridgehead atoms. The Bertz CT molecular complexity index is 877. The van der Waals surface area contributed by atoms with E-state index in [2.05, 4.69) is 57.3 Å². The predicted molar refractivity (Wildman–Crippen MR) is 102 cm³/mol. The van der Waals surface area contributed by atoms with Crippen LogP contribution < -0.4 is 15.4 Å². The van der Waals surface area contributed by atoms with Gasteiger partial charge in [0.15, 0.2) is 0 Å². The second-order valence-corrected chi connectivity index (χ2v) is 6.84. The molecule has 2 unspecified atom stereocenters. The predicted octanol–water partition coefficient (Wildman–Crippen LogP) is 2.56. The summed E-state index contributed by atoms with van der Waals surface area (Å²) in [6.07, 6.45) is 2.34. The zero-order chi connectivity index (χ0) is 17.9. The second-order valence-electron chi connectivity index (χ2n) is 6.84. The fourth-order valence-electron chi connectivity index (χ4n) is 3.79. The molecule has 2 N–H and O–H groups in total. The Kier molecular flexibility index (Phi) is 4.86. The lowest BCUT2D eigenvalue weighted by molar-refractivity contribution is 0.303. The molecule has 4 rings (SSSR count). The smallest absolute Gasteiger partial charge is 0.125 e. The number of ether oxygens (including phenoxy) is 1. The summed E-state index contributed by atoms with van der Waals surface area (Å²) in [6, 6.07) is 15.5. The van der Waals surface area contributed by atoms with Crippen LogP contribution in [0.2, 0.25) is 0 Å². The van der Waals surface area contributed by atoms with Gasteiger partial charge < -0.3 is 15.4 Å². The van der Waals surface area contributed by atoms with Crippen LogP contribution in [-0.4, -0.2) is 34.7 Å². The van der Waals surface area contributed by atoms with Gasteiger partial charge in [0.05, 0.1) is 12.6 Å². The number of fused-ring (bicyclic) bond motifs is 1. The molecule has 2 atom stereocenters. The zero-order valence-corrected chi connectivity index (χ0v) is 15.3. The normalized spacial score (nSPS) is 20.4. The van der Waals surface area contributed by atoms with E-state index in [0.29, 0.717) is 12.1 Å². The lowest BCUT2D eigenvalue weighted by Gasteiger charge is -2.34. The van der Waals surface area contributed by atoms with Crippen LogP contribution in [0, 0.1) is 0 Å². The fraction of sp³-hybridized carbons (Fsp3) is 0.400. The average molecular weight is 351 g/mol. The van der Waals surface area contributed by atoms with Crippen molar-refractivity contribution in [3.05, 3.63) is 53.6 Å². The number of nitrogens with one attached hydrogen (secondary N) is 2. The van der Waals surface area contributed by atoms with Gasteiger partial charge in [0.25, 0.3) is 0 Å². The van der Waals surface area contributed by atoms with Crippen molar-refractivity contribution in [2.24, 2.45) is 7.05 Å². The number of piperidine rings is 1. The van der Waals surface area contributed by atoms with Crippen LogP contribution >= 0.6 is 0 Å². The van der Waals surface area contributed by atoms with Crippen molar-refractivity contribution in [2.75, 3.05) is 13.7 Å². The summed E-state index contributed by atoms with van der Waals surface area (Å²) in [4.78, 5) is 0. The largest absolute Gasteiger partial charge is 0.496 e. The lowest BCUT2D eigenvalue weighted by Crippen LogP contribution is -2.45. The van der Waals surface area contributed by atoms with Crippen molar-refractivity contribution in [1.29, 1.82) is 0 Å².